The standard InChI is InChI=1S/C17H16N4O3/c22-17(18-9-12-5-2-1-3-6-12)21-10-13(11-21)16-19-15(20-24-16)14-7-4-8-23-14/h1-8,13H,9-11H2,(H,18,22). The molecule has 0 radical (unpaired) electrons. The van der Waals surface area contributed by atoms with Crippen molar-refractivity contribution in [3.63, 3.8) is 0 Å². The van der Waals surface area contributed by atoms with E-state index < -0.39 is 0 Å². The van der Waals surface area contributed by atoms with E-state index in [1.54, 1.807) is 23.3 Å². The highest BCUT2D eigenvalue weighted by molar-refractivity contribution is 5.75. The molecule has 0 bridgehead atoms. The molecule has 7 heteroatoms. The van der Waals surface area contributed by atoms with Crippen molar-refractivity contribution < 1.29 is 13.7 Å². The number of carbonyl (C=O) groups excluding carboxylic acids is 1. The van der Waals surface area contributed by atoms with Crippen molar-refractivity contribution in [1.29, 1.82) is 0 Å². The lowest BCUT2D eigenvalue weighted by molar-refractivity contribution is 0.136. The highest BCUT2D eigenvalue weighted by Gasteiger charge is 2.35. The Labute approximate surface area is 138 Å². The smallest absolute Gasteiger partial charge is 0.317 e. The first-order valence-corrected chi connectivity index (χ1v) is 7.74. The largest absolute Gasteiger partial charge is 0.461 e. The van der Waals surface area contributed by atoms with Crippen LogP contribution in [0.25, 0.3) is 11.6 Å². The molecule has 0 atom stereocenters. The summed E-state index contributed by atoms with van der Waals surface area (Å²) >= 11 is 0. The predicted molar refractivity (Wildman–Crippen MR) is 85.0 cm³/mol. The molecule has 2 aromatic heterocycles. The van der Waals surface area contributed by atoms with Crippen LogP contribution >= 0.6 is 0 Å². The minimum atomic E-state index is -0.0825. The molecular weight excluding hydrogens is 308 g/mol. The minimum absolute atomic E-state index is 0.0729. The zero-order chi connectivity index (χ0) is 16.4. The molecule has 0 aliphatic carbocycles. The van der Waals surface area contributed by atoms with Crippen LogP contribution in [0.15, 0.2) is 57.7 Å². The van der Waals surface area contributed by atoms with E-state index in [9.17, 15) is 4.79 Å². The van der Waals surface area contributed by atoms with Crippen molar-refractivity contribution >= 4 is 6.03 Å². The van der Waals surface area contributed by atoms with Gasteiger partial charge in [-0.25, -0.2) is 4.79 Å². The third-order valence-corrected chi connectivity index (χ3v) is 3.99. The van der Waals surface area contributed by atoms with Gasteiger partial charge in [-0.2, -0.15) is 4.98 Å². The maximum Gasteiger partial charge on any atom is 0.317 e. The minimum Gasteiger partial charge on any atom is -0.461 e. The van der Waals surface area contributed by atoms with E-state index in [-0.39, 0.29) is 11.9 Å². The zero-order valence-corrected chi connectivity index (χ0v) is 12.9. The Bertz CT molecular complexity index is 808. The first-order valence-electron chi connectivity index (χ1n) is 7.74. The van der Waals surface area contributed by atoms with Gasteiger partial charge in [0.05, 0.1) is 12.2 Å². The van der Waals surface area contributed by atoms with Crippen molar-refractivity contribution in [2.75, 3.05) is 13.1 Å². The van der Waals surface area contributed by atoms with Gasteiger partial charge in [-0.15, -0.1) is 0 Å². The van der Waals surface area contributed by atoms with E-state index in [0.29, 0.717) is 37.1 Å². The third-order valence-electron chi connectivity index (χ3n) is 3.99. The van der Waals surface area contributed by atoms with E-state index in [4.69, 9.17) is 8.94 Å². The maximum atomic E-state index is 12.1. The van der Waals surface area contributed by atoms with Gasteiger partial charge in [0.2, 0.25) is 11.7 Å². The topological polar surface area (TPSA) is 84.4 Å². The predicted octanol–water partition coefficient (Wildman–Crippen LogP) is 2.64. The normalized spacial score (nSPS) is 14.4. The van der Waals surface area contributed by atoms with Crippen molar-refractivity contribution in [3.8, 4) is 11.6 Å². The summed E-state index contributed by atoms with van der Waals surface area (Å²) < 4.78 is 10.5. The average molecular weight is 324 g/mol. The van der Waals surface area contributed by atoms with E-state index in [0.717, 1.165) is 5.56 Å². The number of hydrogen-bond acceptors (Lipinski definition) is 5. The van der Waals surface area contributed by atoms with Gasteiger partial charge in [-0.1, -0.05) is 35.5 Å². The summed E-state index contributed by atoms with van der Waals surface area (Å²) in [5, 5.41) is 6.81. The molecule has 3 heterocycles. The molecule has 4 rings (SSSR count). The van der Waals surface area contributed by atoms with Gasteiger partial charge in [-0.05, 0) is 17.7 Å². The lowest BCUT2D eigenvalue weighted by Gasteiger charge is -2.36. The number of likely N-dealkylation sites (tertiary alicyclic amines) is 1. The SMILES string of the molecule is O=C(NCc1ccccc1)N1CC(c2nc(-c3ccco3)no2)C1. The summed E-state index contributed by atoms with van der Waals surface area (Å²) in [4.78, 5) is 18.2. The van der Waals surface area contributed by atoms with Crippen LogP contribution in [-0.2, 0) is 6.54 Å². The van der Waals surface area contributed by atoms with Crippen molar-refractivity contribution in [3.05, 3.63) is 60.2 Å². The fourth-order valence-electron chi connectivity index (χ4n) is 2.59. The van der Waals surface area contributed by atoms with Gasteiger partial charge >= 0.3 is 6.03 Å². The van der Waals surface area contributed by atoms with Crippen molar-refractivity contribution in [2.24, 2.45) is 0 Å². The molecule has 7 nitrogen and oxygen atoms in total. The van der Waals surface area contributed by atoms with Gasteiger partial charge in [0, 0.05) is 19.6 Å². The van der Waals surface area contributed by atoms with Crippen LogP contribution < -0.4 is 5.32 Å². The number of benzene rings is 1. The molecule has 1 N–H and O–H groups in total. The number of furan rings is 1. The Kier molecular flexibility index (Phi) is 3.74. The highest BCUT2D eigenvalue weighted by atomic mass is 16.5. The van der Waals surface area contributed by atoms with E-state index >= 15 is 0 Å². The first-order chi connectivity index (χ1) is 11.8. The molecule has 1 aromatic carbocycles. The van der Waals surface area contributed by atoms with Crippen LogP contribution in [0.1, 0.15) is 17.4 Å². The zero-order valence-electron chi connectivity index (χ0n) is 12.9. The molecular formula is C17H16N4O3. The van der Waals surface area contributed by atoms with Crippen LogP contribution in [0.5, 0.6) is 0 Å². The lowest BCUT2D eigenvalue weighted by atomic mass is 10.0. The summed E-state index contributed by atoms with van der Waals surface area (Å²) in [7, 11) is 0. The molecule has 0 spiro atoms. The number of nitrogens with zero attached hydrogens (tertiary/aromatic N) is 3. The Morgan fingerprint density at radius 1 is 1.21 bits per heavy atom. The second kappa shape index (κ2) is 6.19. The Morgan fingerprint density at radius 2 is 2.04 bits per heavy atom. The van der Waals surface area contributed by atoms with E-state index in [2.05, 4.69) is 15.5 Å². The molecule has 122 valence electrons. The maximum absolute atomic E-state index is 12.1. The summed E-state index contributed by atoms with van der Waals surface area (Å²) in [5.74, 6) is 1.61. The van der Waals surface area contributed by atoms with Gasteiger partial charge in [0.25, 0.3) is 0 Å². The Morgan fingerprint density at radius 3 is 2.79 bits per heavy atom. The number of nitrogens with one attached hydrogen (secondary N) is 1. The van der Waals surface area contributed by atoms with Crippen LogP contribution in [0.4, 0.5) is 4.79 Å². The summed E-state index contributed by atoms with van der Waals surface area (Å²) in [5.41, 5.74) is 1.07. The third kappa shape index (κ3) is 2.88. The van der Waals surface area contributed by atoms with Crippen molar-refractivity contribution in [2.45, 2.75) is 12.5 Å². The molecule has 1 aliphatic heterocycles. The number of rotatable bonds is 4. The van der Waals surface area contributed by atoms with E-state index in [1.807, 2.05) is 30.3 Å². The summed E-state index contributed by atoms with van der Waals surface area (Å²) in [6, 6.07) is 13.3. The summed E-state index contributed by atoms with van der Waals surface area (Å²) in [6.07, 6.45) is 1.56. The lowest BCUT2D eigenvalue weighted by Crippen LogP contribution is -2.52. The monoisotopic (exact) mass is 324 g/mol. The molecule has 1 aliphatic rings. The molecule has 2 amide bonds. The molecule has 3 aromatic rings. The molecule has 0 saturated carbocycles. The van der Waals surface area contributed by atoms with Gasteiger partial charge in [0.15, 0.2) is 5.76 Å². The number of aromatic nitrogens is 2. The highest BCUT2D eigenvalue weighted by Crippen LogP contribution is 2.27. The van der Waals surface area contributed by atoms with Crippen LogP contribution in [-0.4, -0.2) is 34.2 Å². The first kappa shape index (κ1) is 14.5. The molecule has 1 fully saturated rings. The quantitative estimate of drug-likeness (QED) is 0.797. The van der Waals surface area contributed by atoms with Crippen molar-refractivity contribution in [1.82, 2.24) is 20.4 Å². The second-order valence-electron chi connectivity index (χ2n) is 5.68. The fourth-order valence-corrected chi connectivity index (χ4v) is 2.59. The summed E-state index contributed by atoms with van der Waals surface area (Å²) in [6.45, 7) is 1.66. The molecule has 0 unspecified atom stereocenters. The van der Waals surface area contributed by atoms with Crippen LogP contribution in [0.2, 0.25) is 0 Å². The average Bonchev–Trinajstić information content (AvgIpc) is 3.24. The number of urea groups is 1. The Hall–Kier alpha value is -3.09. The van der Waals surface area contributed by atoms with E-state index in [1.165, 1.54) is 0 Å². The van der Waals surface area contributed by atoms with Gasteiger partial charge in [-0.3, -0.25) is 0 Å². The van der Waals surface area contributed by atoms with Crippen LogP contribution in [0.3, 0.4) is 0 Å². The fraction of sp³-hybridized carbons (Fsp3) is 0.235. The Balaban J connectivity index is 1.29. The number of hydrogen-bond donors (Lipinski definition) is 1. The van der Waals surface area contributed by atoms with Gasteiger partial charge in [0.1, 0.15) is 0 Å². The molecule has 1 saturated heterocycles. The van der Waals surface area contributed by atoms with Gasteiger partial charge < -0.3 is 19.2 Å². The number of carbonyl (C=O) groups is 1. The second-order valence-corrected chi connectivity index (χ2v) is 5.68. The molecule has 24 heavy (non-hydrogen) atoms. The van der Waals surface area contributed by atoms with Crippen LogP contribution in [0, 0.1) is 0 Å². The number of amides is 2.